The summed E-state index contributed by atoms with van der Waals surface area (Å²) in [7, 11) is 0. The Hall–Kier alpha value is -3.30. The number of halogens is 4. The number of rotatable bonds is 3. The van der Waals surface area contributed by atoms with Crippen molar-refractivity contribution >= 4 is 17.6 Å². The Bertz CT molecular complexity index is 913. The second-order valence-electron chi connectivity index (χ2n) is 4.87. The molecule has 0 aliphatic heterocycles. The van der Waals surface area contributed by atoms with Crippen LogP contribution in [0.2, 0.25) is 0 Å². The maximum atomic E-state index is 13.9. The van der Waals surface area contributed by atoms with E-state index in [1.54, 1.807) is 6.07 Å². The topological polar surface area (TPSA) is 89.6 Å². The summed E-state index contributed by atoms with van der Waals surface area (Å²) in [5, 5.41) is 2.58. The smallest absolute Gasteiger partial charge is 0.368 e. The maximum Gasteiger partial charge on any atom is 0.433 e. The van der Waals surface area contributed by atoms with E-state index in [9.17, 15) is 17.6 Å². The van der Waals surface area contributed by atoms with E-state index < -0.39 is 17.7 Å². The van der Waals surface area contributed by atoms with Crippen LogP contribution in [0.1, 0.15) is 5.69 Å². The Kier molecular flexibility index (Phi) is 4.17. The number of pyridine rings is 1. The van der Waals surface area contributed by atoms with Crippen molar-refractivity contribution in [3.05, 3.63) is 54.1 Å². The van der Waals surface area contributed by atoms with E-state index in [0.717, 1.165) is 12.3 Å². The average Bonchev–Trinajstić information content (AvgIpc) is 2.54. The van der Waals surface area contributed by atoms with Gasteiger partial charge in [0.2, 0.25) is 11.9 Å². The Morgan fingerprint density at radius 3 is 2.48 bits per heavy atom. The van der Waals surface area contributed by atoms with Gasteiger partial charge < -0.3 is 11.1 Å². The summed E-state index contributed by atoms with van der Waals surface area (Å²) in [5.41, 5.74) is 4.64. The monoisotopic (exact) mass is 350 g/mol. The van der Waals surface area contributed by atoms with Crippen molar-refractivity contribution in [3.63, 3.8) is 0 Å². The van der Waals surface area contributed by atoms with Crippen molar-refractivity contribution in [2.24, 2.45) is 0 Å². The van der Waals surface area contributed by atoms with E-state index in [-0.39, 0.29) is 29.0 Å². The molecule has 0 spiro atoms. The Morgan fingerprint density at radius 2 is 1.76 bits per heavy atom. The third-order valence-electron chi connectivity index (χ3n) is 3.07. The molecular weight excluding hydrogens is 340 g/mol. The van der Waals surface area contributed by atoms with E-state index in [2.05, 4.69) is 25.3 Å². The van der Waals surface area contributed by atoms with Crippen LogP contribution in [0.5, 0.6) is 0 Å². The molecule has 1 aromatic carbocycles. The number of nitrogens with one attached hydrogen (secondary N) is 1. The summed E-state index contributed by atoms with van der Waals surface area (Å²) in [6.45, 7) is 0. The summed E-state index contributed by atoms with van der Waals surface area (Å²) in [6.07, 6.45) is -3.60. The molecule has 0 amide bonds. The maximum absolute atomic E-state index is 13.9. The molecule has 2 heterocycles. The van der Waals surface area contributed by atoms with Gasteiger partial charge in [-0.2, -0.15) is 28.1 Å². The highest BCUT2D eigenvalue weighted by Gasteiger charge is 2.32. The minimum absolute atomic E-state index is 0.0433. The first-order chi connectivity index (χ1) is 11.8. The lowest BCUT2D eigenvalue weighted by atomic mass is 10.2. The third kappa shape index (κ3) is 3.79. The summed E-state index contributed by atoms with van der Waals surface area (Å²) < 4.78 is 52.0. The van der Waals surface area contributed by atoms with Crippen LogP contribution >= 0.6 is 0 Å². The fourth-order valence-electron chi connectivity index (χ4n) is 2.00. The molecule has 0 fully saturated rings. The molecule has 0 unspecified atom stereocenters. The van der Waals surface area contributed by atoms with Crippen LogP contribution in [-0.2, 0) is 6.18 Å². The van der Waals surface area contributed by atoms with E-state index in [0.29, 0.717) is 0 Å². The molecule has 25 heavy (non-hydrogen) atoms. The fraction of sp³-hybridized carbons (Fsp3) is 0.0667. The number of benzene rings is 1. The van der Waals surface area contributed by atoms with Gasteiger partial charge in [-0.05, 0) is 24.3 Å². The van der Waals surface area contributed by atoms with Gasteiger partial charge in [0.15, 0.2) is 5.82 Å². The van der Waals surface area contributed by atoms with Gasteiger partial charge in [0.1, 0.15) is 11.5 Å². The third-order valence-corrected chi connectivity index (χ3v) is 3.07. The lowest BCUT2D eigenvalue weighted by Crippen LogP contribution is -2.09. The van der Waals surface area contributed by atoms with E-state index in [4.69, 9.17) is 5.73 Å². The van der Waals surface area contributed by atoms with Crippen LogP contribution in [-0.4, -0.2) is 19.9 Å². The number of nitrogens with zero attached hydrogens (tertiary/aromatic N) is 4. The van der Waals surface area contributed by atoms with Crippen molar-refractivity contribution in [3.8, 4) is 11.4 Å². The second-order valence-corrected chi connectivity index (χ2v) is 4.87. The van der Waals surface area contributed by atoms with Crippen LogP contribution < -0.4 is 11.1 Å². The summed E-state index contributed by atoms with van der Waals surface area (Å²) in [6, 6.07) is 7.85. The number of nitrogen functional groups attached to an aromatic ring is 1. The molecule has 3 aromatic rings. The SMILES string of the molecule is Nc1nc(Nc2ccnc(C(F)(F)F)c2)nc(-c2ccccc2F)n1. The zero-order valence-corrected chi connectivity index (χ0v) is 12.4. The van der Waals surface area contributed by atoms with Crippen LogP contribution in [0, 0.1) is 5.82 Å². The van der Waals surface area contributed by atoms with E-state index >= 15 is 0 Å². The van der Waals surface area contributed by atoms with Crippen LogP contribution in [0.4, 0.5) is 35.1 Å². The minimum Gasteiger partial charge on any atom is -0.368 e. The molecule has 2 aromatic heterocycles. The van der Waals surface area contributed by atoms with Crippen molar-refractivity contribution in [2.45, 2.75) is 6.18 Å². The van der Waals surface area contributed by atoms with Crippen LogP contribution in [0.25, 0.3) is 11.4 Å². The lowest BCUT2D eigenvalue weighted by molar-refractivity contribution is -0.141. The average molecular weight is 350 g/mol. The zero-order valence-electron chi connectivity index (χ0n) is 12.4. The second kappa shape index (κ2) is 6.30. The predicted octanol–water partition coefficient (Wildman–Crippen LogP) is 3.42. The highest BCUT2D eigenvalue weighted by atomic mass is 19.4. The Balaban J connectivity index is 1.96. The number of aromatic nitrogens is 4. The van der Waals surface area contributed by atoms with Crippen molar-refractivity contribution in [2.75, 3.05) is 11.1 Å². The largest absolute Gasteiger partial charge is 0.433 e. The first-order valence-corrected chi connectivity index (χ1v) is 6.89. The fourth-order valence-corrected chi connectivity index (χ4v) is 2.00. The molecule has 0 saturated heterocycles. The van der Waals surface area contributed by atoms with E-state index in [1.165, 1.54) is 24.3 Å². The summed E-state index contributed by atoms with van der Waals surface area (Å²) in [4.78, 5) is 14.9. The molecule has 0 aliphatic carbocycles. The molecule has 0 aliphatic rings. The molecule has 0 bridgehead atoms. The van der Waals surface area contributed by atoms with Gasteiger partial charge in [0, 0.05) is 11.9 Å². The zero-order chi connectivity index (χ0) is 18.0. The number of hydrogen-bond donors (Lipinski definition) is 2. The number of alkyl halides is 3. The first-order valence-electron chi connectivity index (χ1n) is 6.89. The molecule has 10 heteroatoms. The standard InChI is InChI=1S/C15H10F4N6/c16-10-4-2-1-3-9(10)12-23-13(20)25-14(24-12)22-8-5-6-21-11(7-8)15(17,18)19/h1-7H,(H3,20,21,22,23,24,25). The predicted molar refractivity (Wildman–Crippen MR) is 82.2 cm³/mol. The Labute approximate surface area is 138 Å². The number of nitrogens with two attached hydrogens (primary N) is 1. The molecule has 0 saturated carbocycles. The highest BCUT2D eigenvalue weighted by Crippen LogP contribution is 2.29. The molecule has 0 atom stereocenters. The quantitative estimate of drug-likeness (QED) is 0.704. The van der Waals surface area contributed by atoms with Gasteiger partial charge in [0.05, 0.1) is 5.56 Å². The van der Waals surface area contributed by atoms with Crippen molar-refractivity contribution in [1.82, 2.24) is 19.9 Å². The molecule has 128 valence electrons. The molecule has 3 rings (SSSR count). The van der Waals surface area contributed by atoms with Crippen LogP contribution in [0.3, 0.4) is 0 Å². The Morgan fingerprint density at radius 1 is 1.00 bits per heavy atom. The molecule has 6 nitrogen and oxygen atoms in total. The summed E-state index contributed by atoms with van der Waals surface area (Å²) in [5.74, 6) is -0.938. The van der Waals surface area contributed by atoms with E-state index in [1.807, 2.05) is 0 Å². The number of anilines is 3. The molecule has 0 radical (unpaired) electrons. The van der Waals surface area contributed by atoms with Gasteiger partial charge in [-0.15, -0.1) is 0 Å². The van der Waals surface area contributed by atoms with Crippen LogP contribution in [0.15, 0.2) is 42.6 Å². The van der Waals surface area contributed by atoms with Gasteiger partial charge in [-0.3, -0.25) is 4.98 Å². The van der Waals surface area contributed by atoms with Gasteiger partial charge in [-0.25, -0.2) is 4.39 Å². The van der Waals surface area contributed by atoms with Crippen molar-refractivity contribution in [1.29, 1.82) is 0 Å². The molecule has 3 N–H and O–H groups in total. The normalized spacial score (nSPS) is 11.4. The summed E-state index contributed by atoms with van der Waals surface area (Å²) >= 11 is 0. The lowest BCUT2D eigenvalue weighted by Gasteiger charge is -2.10. The van der Waals surface area contributed by atoms with Gasteiger partial charge in [0.25, 0.3) is 0 Å². The molecular formula is C15H10F4N6. The number of hydrogen-bond acceptors (Lipinski definition) is 6. The van der Waals surface area contributed by atoms with Crippen molar-refractivity contribution < 1.29 is 17.6 Å². The minimum atomic E-state index is -4.59. The highest BCUT2D eigenvalue weighted by molar-refractivity contribution is 5.61. The van der Waals surface area contributed by atoms with Gasteiger partial charge >= 0.3 is 6.18 Å². The first kappa shape index (κ1) is 16.6. The van der Waals surface area contributed by atoms with Gasteiger partial charge in [-0.1, -0.05) is 12.1 Å².